The SMILES string of the molecule is Cc1cc(NC(=O)c2ccc3c(c2)C(=O)N(c2ccc(Cl)cc2)C3=O)no1. The third-order valence-electron chi connectivity index (χ3n) is 4.10. The van der Waals surface area contributed by atoms with Crippen molar-refractivity contribution in [1.29, 1.82) is 0 Å². The van der Waals surface area contributed by atoms with Crippen LogP contribution in [0.25, 0.3) is 0 Å². The summed E-state index contributed by atoms with van der Waals surface area (Å²) in [5, 5.41) is 6.77. The number of nitrogens with zero attached hydrogens (tertiary/aromatic N) is 2. The lowest BCUT2D eigenvalue weighted by Gasteiger charge is -2.13. The van der Waals surface area contributed by atoms with Crippen molar-refractivity contribution in [3.05, 3.63) is 76.0 Å². The fraction of sp³-hybridized carbons (Fsp3) is 0.0526. The average molecular weight is 382 g/mol. The second kappa shape index (κ2) is 6.37. The van der Waals surface area contributed by atoms with E-state index in [-0.39, 0.29) is 22.5 Å². The summed E-state index contributed by atoms with van der Waals surface area (Å²) in [6, 6.07) is 12.3. The molecule has 0 aliphatic carbocycles. The quantitative estimate of drug-likeness (QED) is 0.698. The van der Waals surface area contributed by atoms with E-state index < -0.39 is 17.7 Å². The Balaban J connectivity index is 1.64. The standard InChI is InChI=1S/C19H12ClN3O4/c1-10-8-16(22-27-10)21-17(24)11-2-7-14-15(9-11)19(26)23(18(14)25)13-5-3-12(20)4-6-13/h2-9H,1H3,(H,21,22,24). The molecule has 3 aromatic rings. The molecule has 0 atom stereocenters. The van der Waals surface area contributed by atoms with E-state index in [2.05, 4.69) is 10.5 Å². The molecule has 7 nitrogen and oxygen atoms in total. The van der Waals surface area contributed by atoms with E-state index in [0.717, 1.165) is 4.90 Å². The molecule has 0 bridgehead atoms. The highest BCUT2D eigenvalue weighted by Crippen LogP contribution is 2.30. The predicted octanol–water partition coefficient (Wildman–Crippen LogP) is 3.69. The first kappa shape index (κ1) is 17.0. The van der Waals surface area contributed by atoms with E-state index >= 15 is 0 Å². The zero-order valence-corrected chi connectivity index (χ0v) is 14.8. The van der Waals surface area contributed by atoms with Crippen LogP contribution in [0, 0.1) is 6.92 Å². The summed E-state index contributed by atoms with van der Waals surface area (Å²) >= 11 is 5.86. The van der Waals surface area contributed by atoms with Crippen LogP contribution >= 0.6 is 11.6 Å². The van der Waals surface area contributed by atoms with Gasteiger partial charge in [0, 0.05) is 16.7 Å². The fourth-order valence-electron chi connectivity index (χ4n) is 2.82. The maximum atomic E-state index is 12.7. The van der Waals surface area contributed by atoms with Gasteiger partial charge in [0.15, 0.2) is 5.82 Å². The monoisotopic (exact) mass is 381 g/mol. The summed E-state index contributed by atoms with van der Waals surface area (Å²) in [7, 11) is 0. The number of halogens is 1. The van der Waals surface area contributed by atoms with Gasteiger partial charge in [-0.1, -0.05) is 16.8 Å². The number of carbonyl (C=O) groups is 3. The first-order chi connectivity index (χ1) is 12.9. The summed E-state index contributed by atoms with van der Waals surface area (Å²) in [5.41, 5.74) is 1.05. The second-order valence-corrected chi connectivity index (χ2v) is 6.40. The van der Waals surface area contributed by atoms with Crippen molar-refractivity contribution in [3.8, 4) is 0 Å². The molecule has 0 spiro atoms. The molecule has 1 N–H and O–H groups in total. The van der Waals surface area contributed by atoms with Crippen LogP contribution < -0.4 is 10.2 Å². The van der Waals surface area contributed by atoms with Crippen LogP contribution in [0.4, 0.5) is 11.5 Å². The Labute approximate surface area is 158 Å². The van der Waals surface area contributed by atoms with Gasteiger partial charge >= 0.3 is 0 Å². The Kier molecular flexibility index (Phi) is 4.01. The number of benzene rings is 2. The third-order valence-corrected chi connectivity index (χ3v) is 4.36. The van der Waals surface area contributed by atoms with Crippen LogP contribution in [0.15, 0.2) is 53.1 Å². The Morgan fingerprint density at radius 1 is 1.04 bits per heavy atom. The van der Waals surface area contributed by atoms with Crippen LogP contribution in [0.3, 0.4) is 0 Å². The van der Waals surface area contributed by atoms with Crippen molar-refractivity contribution < 1.29 is 18.9 Å². The largest absolute Gasteiger partial charge is 0.360 e. The predicted molar refractivity (Wildman–Crippen MR) is 98.2 cm³/mol. The minimum atomic E-state index is -0.496. The van der Waals surface area contributed by atoms with E-state index in [9.17, 15) is 14.4 Å². The molecule has 0 radical (unpaired) electrons. The van der Waals surface area contributed by atoms with Crippen LogP contribution in [0.2, 0.25) is 5.02 Å². The molecule has 1 aliphatic rings. The number of aryl methyl sites for hydroxylation is 1. The number of nitrogens with one attached hydrogen (secondary N) is 1. The van der Waals surface area contributed by atoms with Gasteiger partial charge in [0.2, 0.25) is 0 Å². The molecule has 1 aliphatic heterocycles. The number of amides is 3. The fourth-order valence-corrected chi connectivity index (χ4v) is 2.95. The first-order valence-corrected chi connectivity index (χ1v) is 8.35. The number of fused-ring (bicyclic) bond motifs is 1. The molecule has 27 heavy (non-hydrogen) atoms. The van der Waals surface area contributed by atoms with Gasteiger partial charge in [0.05, 0.1) is 16.8 Å². The van der Waals surface area contributed by atoms with Gasteiger partial charge < -0.3 is 9.84 Å². The smallest absolute Gasteiger partial charge is 0.266 e. The van der Waals surface area contributed by atoms with E-state index in [0.29, 0.717) is 16.5 Å². The van der Waals surface area contributed by atoms with Gasteiger partial charge in [-0.2, -0.15) is 0 Å². The van der Waals surface area contributed by atoms with Crippen LogP contribution in [0.5, 0.6) is 0 Å². The van der Waals surface area contributed by atoms with Gasteiger partial charge in [0.25, 0.3) is 17.7 Å². The van der Waals surface area contributed by atoms with Gasteiger partial charge in [-0.25, -0.2) is 4.90 Å². The molecule has 8 heteroatoms. The molecule has 2 heterocycles. The maximum Gasteiger partial charge on any atom is 0.266 e. The lowest BCUT2D eigenvalue weighted by Crippen LogP contribution is -2.29. The molecular formula is C19H12ClN3O4. The molecular weight excluding hydrogens is 370 g/mol. The molecule has 2 aromatic carbocycles. The van der Waals surface area contributed by atoms with Gasteiger partial charge in [-0.15, -0.1) is 0 Å². The van der Waals surface area contributed by atoms with E-state index in [1.54, 1.807) is 37.3 Å². The Bertz CT molecular complexity index is 1090. The molecule has 0 fully saturated rings. The summed E-state index contributed by atoms with van der Waals surface area (Å²) in [4.78, 5) is 38.8. The van der Waals surface area contributed by atoms with Crippen molar-refractivity contribution in [2.24, 2.45) is 0 Å². The number of hydrogen-bond donors (Lipinski definition) is 1. The Morgan fingerprint density at radius 2 is 1.74 bits per heavy atom. The highest BCUT2D eigenvalue weighted by molar-refractivity contribution is 6.35. The van der Waals surface area contributed by atoms with E-state index in [1.165, 1.54) is 18.2 Å². The normalized spacial score (nSPS) is 13.0. The molecule has 0 saturated carbocycles. The topological polar surface area (TPSA) is 92.5 Å². The van der Waals surface area contributed by atoms with Crippen molar-refractivity contribution in [3.63, 3.8) is 0 Å². The van der Waals surface area contributed by atoms with Crippen molar-refractivity contribution in [1.82, 2.24) is 5.16 Å². The third kappa shape index (κ3) is 2.98. The Morgan fingerprint density at radius 3 is 2.41 bits per heavy atom. The maximum absolute atomic E-state index is 12.7. The molecule has 0 unspecified atom stereocenters. The minimum Gasteiger partial charge on any atom is -0.360 e. The number of hydrogen-bond acceptors (Lipinski definition) is 5. The summed E-state index contributed by atoms with van der Waals surface area (Å²) in [6.45, 7) is 1.70. The van der Waals surface area contributed by atoms with Gasteiger partial charge in [0.1, 0.15) is 5.76 Å². The number of imide groups is 1. The summed E-state index contributed by atoms with van der Waals surface area (Å²) in [6.07, 6.45) is 0. The Hall–Kier alpha value is -3.45. The van der Waals surface area contributed by atoms with E-state index in [1.807, 2.05) is 0 Å². The van der Waals surface area contributed by atoms with Crippen LogP contribution in [-0.4, -0.2) is 22.9 Å². The number of carbonyl (C=O) groups excluding carboxylic acids is 3. The lowest BCUT2D eigenvalue weighted by molar-refractivity contribution is 0.0925. The molecule has 1 aromatic heterocycles. The highest BCUT2D eigenvalue weighted by Gasteiger charge is 2.37. The lowest BCUT2D eigenvalue weighted by atomic mass is 10.1. The number of rotatable bonds is 3. The molecule has 3 amide bonds. The van der Waals surface area contributed by atoms with Crippen molar-refractivity contribution >= 4 is 40.8 Å². The van der Waals surface area contributed by atoms with Crippen molar-refractivity contribution in [2.75, 3.05) is 10.2 Å². The summed E-state index contributed by atoms with van der Waals surface area (Å²) < 4.78 is 4.90. The number of anilines is 2. The zero-order chi connectivity index (χ0) is 19.1. The number of aromatic nitrogens is 1. The minimum absolute atomic E-state index is 0.166. The molecule has 4 rings (SSSR count). The second-order valence-electron chi connectivity index (χ2n) is 5.96. The highest BCUT2D eigenvalue weighted by atomic mass is 35.5. The first-order valence-electron chi connectivity index (χ1n) is 7.97. The molecule has 134 valence electrons. The molecule has 0 saturated heterocycles. The van der Waals surface area contributed by atoms with Crippen molar-refractivity contribution in [2.45, 2.75) is 6.92 Å². The van der Waals surface area contributed by atoms with Gasteiger partial charge in [-0.3, -0.25) is 14.4 Å². The average Bonchev–Trinajstić information content (AvgIpc) is 3.17. The van der Waals surface area contributed by atoms with Crippen LogP contribution in [0.1, 0.15) is 36.8 Å². The van der Waals surface area contributed by atoms with E-state index in [4.69, 9.17) is 16.1 Å². The van der Waals surface area contributed by atoms with Crippen LogP contribution in [-0.2, 0) is 0 Å². The van der Waals surface area contributed by atoms with Gasteiger partial charge in [-0.05, 0) is 49.4 Å². The summed E-state index contributed by atoms with van der Waals surface area (Å²) in [5.74, 6) is -0.584. The zero-order valence-electron chi connectivity index (χ0n) is 14.0.